The second kappa shape index (κ2) is 14.0. The summed E-state index contributed by atoms with van der Waals surface area (Å²) >= 11 is 0. The summed E-state index contributed by atoms with van der Waals surface area (Å²) in [6.07, 6.45) is 5.69. The van der Waals surface area contributed by atoms with Crippen molar-refractivity contribution in [1.82, 2.24) is 34.9 Å². The molecule has 46 heavy (non-hydrogen) atoms. The van der Waals surface area contributed by atoms with Crippen LogP contribution in [0.15, 0.2) is 36.7 Å². The van der Waals surface area contributed by atoms with Gasteiger partial charge in [0.2, 0.25) is 11.9 Å². The van der Waals surface area contributed by atoms with Gasteiger partial charge in [-0.25, -0.2) is 39.0 Å². The van der Waals surface area contributed by atoms with Gasteiger partial charge in [-0.05, 0) is 57.9 Å². The molecule has 5 heterocycles. The standard InChI is InChI=1S/C32H39F2N9O3/c1-20(2)43-21(3)37-31-24(33)16-22(17-26(31)43)30-25(34)19-36-32(39-30)38-27-8-7-23(18-35-27)42-13-11-41(12-14-42)10-9-28(44)40-46-29-6-4-5-15-45-29/h7-8,16-20,29H,4-6,9-15H2,1-3H3,(H,40,44)(H,35,36,38,39). The number of ether oxygens (including phenoxy) is 1. The van der Waals surface area contributed by atoms with E-state index in [0.29, 0.717) is 42.3 Å². The van der Waals surface area contributed by atoms with Crippen LogP contribution < -0.4 is 15.7 Å². The first kappa shape index (κ1) is 31.7. The lowest BCUT2D eigenvalue weighted by molar-refractivity contribution is -0.200. The lowest BCUT2D eigenvalue weighted by atomic mass is 10.1. The smallest absolute Gasteiger partial charge is 0.244 e. The summed E-state index contributed by atoms with van der Waals surface area (Å²) in [7, 11) is 0. The van der Waals surface area contributed by atoms with Crippen molar-refractivity contribution in [3.05, 3.63) is 54.1 Å². The minimum atomic E-state index is -0.665. The number of anilines is 3. The highest BCUT2D eigenvalue weighted by molar-refractivity contribution is 5.83. The van der Waals surface area contributed by atoms with E-state index in [9.17, 15) is 9.18 Å². The topological polar surface area (TPSA) is 123 Å². The van der Waals surface area contributed by atoms with Gasteiger partial charge < -0.3 is 19.5 Å². The number of amides is 1. The van der Waals surface area contributed by atoms with Gasteiger partial charge in [0.1, 0.15) is 22.9 Å². The maximum Gasteiger partial charge on any atom is 0.244 e. The lowest BCUT2D eigenvalue weighted by Gasteiger charge is -2.35. The number of carbonyl (C=O) groups is 1. The number of halogens is 2. The number of hydroxylamine groups is 1. The molecule has 1 aromatic carbocycles. The summed E-state index contributed by atoms with van der Waals surface area (Å²) < 4.78 is 37.3. The van der Waals surface area contributed by atoms with Crippen molar-refractivity contribution >= 4 is 34.4 Å². The molecular weight excluding hydrogens is 596 g/mol. The minimum absolute atomic E-state index is 0.0230. The lowest BCUT2D eigenvalue weighted by Crippen LogP contribution is -2.47. The average Bonchev–Trinajstić information content (AvgIpc) is 3.41. The van der Waals surface area contributed by atoms with Gasteiger partial charge in [0.05, 0.1) is 23.6 Å². The molecular formula is C32H39F2N9O3. The van der Waals surface area contributed by atoms with Crippen LogP contribution in [0.1, 0.15) is 51.4 Å². The van der Waals surface area contributed by atoms with E-state index >= 15 is 4.39 Å². The molecule has 0 aliphatic carbocycles. The van der Waals surface area contributed by atoms with Crippen molar-refractivity contribution < 1.29 is 23.1 Å². The third-order valence-electron chi connectivity index (χ3n) is 8.28. The van der Waals surface area contributed by atoms with Crippen LogP contribution in [0.3, 0.4) is 0 Å². The number of fused-ring (bicyclic) bond motifs is 1. The Bertz CT molecular complexity index is 1670. The van der Waals surface area contributed by atoms with Crippen LogP contribution in [0, 0.1) is 18.6 Å². The molecule has 2 aliphatic rings. The summed E-state index contributed by atoms with van der Waals surface area (Å²) in [6, 6.07) is 6.76. The summed E-state index contributed by atoms with van der Waals surface area (Å²) in [6.45, 7) is 10.3. The van der Waals surface area contributed by atoms with Crippen molar-refractivity contribution in [2.75, 3.05) is 49.5 Å². The van der Waals surface area contributed by atoms with E-state index in [1.54, 1.807) is 12.3 Å². The van der Waals surface area contributed by atoms with Crippen LogP contribution >= 0.6 is 0 Å². The van der Waals surface area contributed by atoms with Gasteiger partial charge in [0, 0.05) is 63.8 Å². The van der Waals surface area contributed by atoms with Gasteiger partial charge in [0.15, 0.2) is 17.9 Å². The Morgan fingerprint density at radius 2 is 1.89 bits per heavy atom. The van der Waals surface area contributed by atoms with Crippen LogP contribution in [-0.2, 0) is 14.4 Å². The van der Waals surface area contributed by atoms with Gasteiger partial charge >= 0.3 is 0 Å². The van der Waals surface area contributed by atoms with Gasteiger partial charge in [-0.1, -0.05) is 0 Å². The largest absolute Gasteiger partial charge is 0.368 e. The van der Waals surface area contributed by atoms with Crippen molar-refractivity contribution in [3.8, 4) is 11.3 Å². The molecule has 1 amide bonds. The van der Waals surface area contributed by atoms with Crippen LogP contribution in [0.5, 0.6) is 0 Å². The molecule has 1 unspecified atom stereocenters. The molecule has 3 aromatic heterocycles. The molecule has 0 saturated carbocycles. The third kappa shape index (κ3) is 7.24. The fourth-order valence-electron chi connectivity index (χ4n) is 5.92. The van der Waals surface area contributed by atoms with Crippen LogP contribution in [0.25, 0.3) is 22.3 Å². The Morgan fingerprint density at radius 3 is 2.61 bits per heavy atom. The van der Waals surface area contributed by atoms with Crippen LogP contribution in [0.2, 0.25) is 0 Å². The Kier molecular flexibility index (Phi) is 9.66. The van der Waals surface area contributed by atoms with Crippen molar-refractivity contribution in [2.24, 2.45) is 0 Å². The number of nitrogens with zero attached hydrogens (tertiary/aromatic N) is 7. The molecule has 2 saturated heterocycles. The number of hydrogen-bond donors (Lipinski definition) is 2. The van der Waals surface area contributed by atoms with Crippen molar-refractivity contribution in [3.63, 3.8) is 0 Å². The zero-order valence-corrected chi connectivity index (χ0v) is 26.3. The normalized spacial score (nSPS) is 17.5. The first-order valence-corrected chi connectivity index (χ1v) is 15.7. The molecule has 2 N–H and O–H groups in total. The third-order valence-corrected chi connectivity index (χ3v) is 8.28. The van der Waals surface area contributed by atoms with E-state index in [4.69, 9.17) is 9.57 Å². The Balaban J connectivity index is 1.03. The second-order valence-corrected chi connectivity index (χ2v) is 11.9. The molecule has 12 nitrogen and oxygen atoms in total. The molecule has 0 radical (unpaired) electrons. The highest BCUT2D eigenvalue weighted by Gasteiger charge is 2.21. The van der Waals surface area contributed by atoms with E-state index in [2.05, 4.69) is 40.5 Å². The average molecular weight is 636 g/mol. The molecule has 2 fully saturated rings. The van der Waals surface area contributed by atoms with Crippen LogP contribution in [-0.4, -0.2) is 80.9 Å². The predicted octanol–water partition coefficient (Wildman–Crippen LogP) is 4.89. The molecule has 1 atom stereocenters. The van der Waals surface area contributed by atoms with Gasteiger partial charge in [-0.3, -0.25) is 9.69 Å². The maximum atomic E-state index is 15.0. The molecule has 244 valence electrons. The quantitative estimate of drug-likeness (QED) is 0.233. The number of imidazole rings is 1. The number of carbonyl (C=O) groups excluding carboxylic acids is 1. The zero-order valence-electron chi connectivity index (χ0n) is 26.3. The first-order chi connectivity index (χ1) is 22.2. The fourth-order valence-corrected chi connectivity index (χ4v) is 5.92. The summed E-state index contributed by atoms with van der Waals surface area (Å²) in [5, 5.41) is 3.03. The molecule has 4 aromatic rings. The zero-order chi connectivity index (χ0) is 32.2. The SMILES string of the molecule is Cc1nc2c(F)cc(-c3nc(Nc4ccc(N5CCN(CCC(=O)NOC6CCCCO6)CC5)cn4)ncc3F)cc2n1C(C)C. The number of hydrogen-bond acceptors (Lipinski definition) is 10. The van der Waals surface area contributed by atoms with E-state index in [1.807, 2.05) is 37.5 Å². The van der Waals surface area contributed by atoms with Crippen molar-refractivity contribution in [1.29, 1.82) is 0 Å². The van der Waals surface area contributed by atoms with E-state index in [0.717, 1.165) is 57.3 Å². The predicted molar refractivity (Wildman–Crippen MR) is 169 cm³/mol. The summed E-state index contributed by atoms with van der Waals surface area (Å²) in [4.78, 5) is 39.3. The first-order valence-electron chi connectivity index (χ1n) is 15.7. The van der Waals surface area contributed by atoms with E-state index in [-0.39, 0.29) is 35.4 Å². The van der Waals surface area contributed by atoms with Gasteiger partial charge in [0.25, 0.3) is 0 Å². The van der Waals surface area contributed by atoms with Crippen molar-refractivity contribution in [2.45, 2.75) is 58.8 Å². The summed E-state index contributed by atoms with van der Waals surface area (Å²) in [5.74, 6) is -0.0489. The highest BCUT2D eigenvalue weighted by atomic mass is 19.1. The van der Waals surface area contributed by atoms with E-state index < -0.39 is 11.6 Å². The second-order valence-electron chi connectivity index (χ2n) is 11.9. The van der Waals surface area contributed by atoms with Gasteiger partial charge in [-0.2, -0.15) is 0 Å². The van der Waals surface area contributed by atoms with E-state index in [1.165, 1.54) is 6.07 Å². The maximum absolute atomic E-state index is 15.0. The molecule has 0 bridgehead atoms. The number of aryl methyl sites for hydroxylation is 1. The number of nitrogens with one attached hydrogen (secondary N) is 2. The highest BCUT2D eigenvalue weighted by Crippen LogP contribution is 2.30. The monoisotopic (exact) mass is 635 g/mol. The molecule has 6 rings (SSSR count). The number of benzene rings is 1. The molecule has 2 aliphatic heterocycles. The number of pyridine rings is 1. The van der Waals surface area contributed by atoms with Gasteiger partial charge in [-0.15, -0.1) is 0 Å². The summed E-state index contributed by atoms with van der Waals surface area (Å²) in [5.41, 5.74) is 4.57. The minimum Gasteiger partial charge on any atom is -0.368 e. The molecule has 0 spiro atoms. The van der Waals surface area contributed by atoms with Crippen LogP contribution in [0.4, 0.5) is 26.2 Å². The number of piperazine rings is 1. The molecule has 14 heteroatoms. The Morgan fingerprint density at radius 1 is 1.07 bits per heavy atom. The Hall–Kier alpha value is -4.27. The number of aromatic nitrogens is 5. The fraction of sp³-hybridized carbons (Fsp3) is 0.469. The number of rotatable bonds is 10. The Labute approximate surface area is 266 Å².